The van der Waals surface area contributed by atoms with Crippen molar-refractivity contribution in [3.8, 4) is 0 Å². The Labute approximate surface area is 171 Å². The van der Waals surface area contributed by atoms with Gasteiger partial charge in [0.05, 0.1) is 10.8 Å². The number of nitrogens with one attached hydrogen (secondary N) is 1. The molecule has 0 fully saturated rings. The summed E-state index contributed by atoms with van der Waals surface area (Å²) >= 11 is 1.25. The average molecular weight is 405 g/mol. The summed E-state index contributed by atoms with van der Waals surface area (Å²) in [6.45, 7) is 3.30. The monoisotopic (exact) mass is 405 g/mol. The van der Waals surface area contributed by atoms with Crippen molar-refractivity contribution in [3.63, 3.8) is 0 Å². The number of thioether (sulfide) groups is 1. The molecule has 1 N–H and O–H groups in total. The van der Waals surface area contributed by atoms with Gasteiger partial charge >= 0.3 is 0 Å². The second kappa shape index (κ2) is 7.63. The van der Waals surface area contributed by atoms with Crippen LogP contribution in [0.4, 0.5) is 5.69 Å². The van der Waals surface area contributed by atoms with E-state index >= 15 is 0 Å². The van der Waals surface area contributed by atoms with Gasteiger partial charge in [0, 0.05) is 23.7 Å². The highest BCUT2D eigenvalue weighted by atomic mass is 32.2. The number of hydrogen-bond acceptors (Lipinski definition) is 6. The maximum atomic E-state index is 12.5. The normalized spacial score (nSPS) is 12.2. The van der Waals surface area contributed by atoms with E-state index in [2.05, 4.69) is 20.5 Å². The quantitative estimate of drug-likeness (QED) is 0.401. The first-order valence-electron chi connectivity index (χ1n) is 9.10. The maximum Gasteiger partial charge on any atom is 0.237 e. The van der Waals surface area contributed by atoms with Crippen LogP contribution in [-0.4, -0.2) is 36.7 Å². The predicted octanol–water partition coefficient (Wildman–Crippen LogP) is 3.84. The van der Waals surface area contributed by atoms with Crippen LogP contribution in [0.1, 0.15) is 24.2 Å². The molecule has 1 atom stereocenters. The number of ketones is 1. The van der Waals surface area contributed by atoms with Gasteiger partial charge in [0.2, 0.25) is 11.1 Å². The van der Waals surface area contributed by atoms with Crippen LogP contribution in [0.5, 0.6) is 0 Å². The summed E-state index contributed by atoms with van der Waals surface area (Å²) in [4.78, 5) is 28.5. The summed E-state index contributed by atoms with van der Waals surface area (Å²) in [5.41, 5.74) is 3.75. The molecule has 0 bridgehead atoms. The Morgan fingerprint density at radius 2 is 1.79 bits per heavy atom. The van der Waals surface area contributed by atoms with E-state index in [9.17, 15) is 9.59 Å². The number of hydrogen-bond donors (Lipinski definition) is 1. The summed E-state index contributed by atoms with van der Waals surface area (Å²) < 4.78 is 1.98. The molecule has 4 aromatic rings. The molecule has 146 valence electrons. The van der Waals surface area contributed by atoms with Gasteiger partial charge in [-0.25, -0.2) is 4.98 Å². The molecule has 0 aliphatic heterocycles. The molecule has 1 amide bonds. The molecule has 0 saturated heterocycles. The summed E-state index contributed by atoms with van der Waals surface area (Å²) in [7, 11) is 1.94. The number of anilines is 1. The van der Waals surface area contributed by atoms with E-state index in [0.717, 1.165) is 22.1 Å². The third-order valence-corrected chi connectivity index (χ3v) is 5.65. The van der Waals surface area contributed by atoms with Gasteiger partial charge in [0.15, 0.2) is 11.4 Å². The molecular formula is C21H19N5O2S. The van der Waals surface area contributed by atoms with Crippen molar-refractivity contribution in [2.75, 3.05) is 5.32 Å². The molecule has 1 unspecified atom stereocenters. The molecule has 2 aromatic heterocycles. The Hall–Kier alpha value is -3.26. The van der Waals surface area contributed by atoms with E-state index in [4.69, 9.17) is 0 Å². The number of Topliss-reactive ketones (excluding diaryl/α,β-unsaturated/α-hetero) is 1. The molecule has 2 heterocycles. The molecule has 7 nitrogen and oxygen atoms in total. The molecule has 8 heteroatoms. The number of benzene rings is 2. The highest BCUT2D eigenvalue weighted by Crippen LogP contribution is 2.27. The summed E-state index contributed by atoms with van der Waals surface area (Å²) in [5, 5.41) is 12.4. The Bertz CT molecular complexity index is 1230. The Kier molecular flexibility index (Phi) is 5.02. The fourth-order valence-corrected chi connectivity index (χ4v) is 3.80. The SMILES string of the molecule is CC(=O)c1ccc(NC(=O)C(C)Sc2nnc3c4ccccc4n(C)c3n2)cc1. The van der Waals surface area contributed by atoms with E-state index < -0.39 is 5.25 Å². The first kappa shape index (κ1) is 19.1. The van der Waals surface area contributed by atoms with Crippen molar-refractivity contribution in [1.29, 1.82) is 0 Å². The number of carbonyl (C=O) groups is 2. The number of nitrogens with zero attached hydrogens (tertiary/aromatic N) is 4. The molecule has 0 aliphatic carbocycles. The van der Waals surface area contributed by atoms with Crippen molar-refractivity contribution in [2.45, 2.75) is 24.3 Å². The fourth-order valence-electron chi connectivity index (χ4n) is 3.09. The topological polar surface area (TPSA) is 89.8 Å². The Morgan fingerprint density at radius 3 is 2.52 bits per heavy atom. The molecule has 29 heavy (non-hydrogen) atoms. The number of carbonyl (C=O) groups excluding carboxylic acids is 2. The summed E-state index contributed by atoms with van der Waals surface area (Å²) in [6, 6.07) is 14.7. The molecule has 0 aliphatic rings. The van der Waals surface area contributed by atoms with Crippen LogP contribution in [0.2, 0.25) is 0 Å². The Balaban J connectivity index is 1.51. The van der Waals surface area contributed by atoms with E-state index in [0.29, 0.717) is 16.4 Å². The van der Waals surface area contributed by atoms with Crippen molar-refractivity contribution < 1.29 is 9.59 Å². The smallest absolute Gasteiger partial charge is 0.237 e. The van der Waals surface area contributed by atoms with Crippen molar-refractivity contribution in [2.24, 2.45) is 7.05 Å². The largest absolute Gasteiger partial charge is 0.327 e. The van der Waals surface area contributed by atoms with Crippen LogP contribution in [0.15, 0.2) is 53.7 Å². The van der Waals surface area contributed by atoms with Gasteiger partial charge in [-0.1, -0.05) is 30.0 Å². The van der Waals surface area contributed by atoms with E-state index in [1.54, 1.807) is 31.2 Å². The van der Waals surface area contributed by atoms with Crippen LogP contribution in [0.25, 0.3) is 22.1 Å². The summed E-state index contributed by atoms with van der Waals surface area (Å²) in [6.07, 6.45) is 0. The number of amides is 1. The molecule has 2 aromatic carbocycles. The van der Waals surface area contributed by atoms with Gasteiger partial charge in [-0.05, 0) is 44.2 Å². The third-order valence-electron chi connectivity index (χ3n) is 4.70. The van der Waals surface area contributed by atoms with Crippen molar-refractivity contribution >= 4 is 51.2 Å². The van der Waals surface area contributed by atoms with Gasteiger partial charge in [-0.15, -0.1) is 10.2 Å². The number of fused-ring (bicyclic) bond motifs is 3. The molecule has 4 rings (SSSR count). The third kappa shape index (κ3) is 3.71. The predicted molar refractivity (Wildman–Crippen MR) is 114 cm³/mol. The maximum absolute atomic E-state index is 12.5. The number of para-hydroxylation sites is 1. The zero-order valence-electron chi connectivity index (χ0n) is 16.2. The minimum Gasteiger partial charge on any atom is -0.327 e. The van der Waals surface area contributed by atoms with Crippen molar-refractivity contribution in [1.82, 2.24) is 19.7 Å². The molecule has 0 radical (unpaired) electrons. The first-order chi connectivity index (χ1) is 13.9. The zero-order chi connectivity index (χ0) is 20.5. The lowest BCUT2D eigenvalue weighted by Gasteiger charge is -2.11. The van der Waals surface area contributed by atoms with Gasteiger partial charge in [0.25, 0.3) is 0 Å². The summed E-state index contributed by atoms with van der Waals surface area (Å²) in [5.74, 6) is -0.188. The zero-order valence-corrected chi connectivity index (χ0v) is 17.0. The van der Waals surface area contributed by atoms with Crippen LogP contribution < -0.4 is 5.32 Å². The molecular weight excluding hydrogens is 386 g/mol. The number of aromatic nitrogens is 4. The lowest BCUT2D eigenvalue weighted by atomic mass is 10.1. The lowest BCUT2D eigenvalue weighted by Crippen LogP contribution is -2.22. The van der Waals surface area contributed by atoms with E-state index in [-0.39, 0.29) is 11.7 Å². The van der Waals surface area contributed by atoms with Crippen LogP contribution in [0.3, 0.4) is 0 Å². The Morgan fingerprint density at radius 1 is 1.07 bits per heavy atom. The fraction of sp³-hybridized carbons (Fsp3) is 0.190. The highest BCUT2D eigenvalue weighted by molar-refractivity contribution is 8.00. The van der Waals surface area contributed by atoms with Gasteiger partial charge in [-0.3, -0.25) is 9.59 Å². The van der Waals surface area contributed by atoms with E-state index in [1.165, 1.54) is 18.7 Å². The minimum absolute atomic E-state index is 0.0137. The van der Waals surface area contributed by atoms with E-state index in [1.807, 2.05) is 35.9 Å². The van der Waals surface area contributed by atoms with Crippen LogP contribution in [0, 0.1) is 0 Å². The van der Waals surface area contributed by atoms with Crippen LogP contribution >= 0.6 is 11.8 Å². The second-order valence-electron chi connectivity index (χ2n) is 6.73. The molecule has 0 spiro atoms. The first-order valence-corrected chi connectivity index (χ1v) is 9.98. The lowest BCUT2D eigenvalue weighted by molar-refractivity contribution is -0.115. The average Bonchev–Trinajstić information content (AvgIpc) is 3.00. The second-order valence-corrected chi connectivity index (χ2v) is 8.03. The van der Waals surface area contributed by atoms with Crippen molar-refractivity contribution in [3.05, 3.63) is 54.1 Å². The van der Waals surface area contributed by atoms with Gasteiger partial charge < -0.3 is 9.88 Å². The highest BCUT2D eigenvalue weighted by Gasteiger charge is 2.19. The minimum atomic E-state index is -0.420. The molecule has 0 saturated carbocycles. The van der Waals surface area contributed by atoms with Gasteiger partial charge in [-0.2, -0.15) is 0 Å². The van der Waals surface area contributed by atoms with Gasteiger partial charge in [0.1, 0.15) is 5.52 Å². The van der Waals surface area contributed by atoms with Crippen LogP contribution in [-0.2, 0) is 11.8 Å². The standard InChI is InChI=1S/C21H19N5O2S/c1-12(27)14-8-10-15(11-9-14)22-20(28)13(2)29-21-23-19-18(24-25-21)16-6-4-5-7-17(16)26(19)3/h4-11,13H,1-3H3,(H,22,28). The number of rotatable bonds is 5. The number of aryl methyl sites for hydroxylation is 1.